The van der Waals surface area contributed by atoms with Crippen LogP contribution in [0.5, 0.6) is 0 Å². The summed E-state index contributed by atoms with van der Waals surface area (Å²) >= 11 is 0. The zero-order valence-corrected chi connectivity index (χ0v) is 7.36. The van der Waals surface area contributed by atoms with Crippen LogP contribution in [0.4, 0.5) is 0 Å². The van der Waals surface area contributed by atoms with Crippen molar-refractivity contribution in [3.63, 3.8) is 0 Å². The molecule has 0 bridgehead atoms. The highest BCUT2D eigenvalue weighted by atomic mass is 16.4. The normalized spacial score (nSPS) is 14.9. The molecule has 0 saturated carbocycles. The highest BCUT2D eigenvalue weighted by Crippen LogP contribution is 2.00. The number of nitrogens with zero attached hydrogens (tertiary/aromatic N) is 2. The number of aromatic nitrogens is 2. The van der Waals surface area contributed by atoms with Crippen molar-refractivity contribution in [1.82, 2.24) is 14.9 Å². The molecule has 0 saturated heterocycles. The molecule has 1 aromatic rings. The zero-order chi connectivity index (χ0) is 10.1. The minimum atomic E-state index is -1.17. The molecule has 0 fully saturated rings. The third-order valence-corrected chi connectivity index (χ3v) is 2.10. The Hall–Kier alpha value is -1.69. The van der Waals surface area contributed by atoms with Gasteiger partial charge in [-0.15, -0.1) is 0 Å². The average Bonchev–Trinajstić information content (AvgIpc) is 2.17. The van der Waals surface area contributed by atoms with E-state index in [-0.39, 0.29) is 11.3 Å². The minimum Gasteiger partial charge on any atom is -0.477 e. The number of hydrogen-bond donors (Lipinski definition) is 2. The number of aromatic carboxylic acids is 1. The SMILES string of the molecule is O=C(O)c1cc(=O)n2c(n1)CNCC2. The van der Waals surface area contributed by atoms with Crippen LogP contribution in [0.3, 0.4) is 0 Å². The van der Waals surface area contributed by atoms with E-state index in [1.54, 1.807) is 0 Å². The maximum Gasteiger partial charge on any atom is 0.354 e. The lowest BCUT2D eigenvalue weighted by molar-refractivity contribution is 0.0689. The second-order valence-corrected chi connectivity index (χ2v) is 3.03. The van der Waals surface area contributed by atoms with Crippen molar-refractivity contribution < 1.29 is 9.90 Å². The van der Waals surface area contributed by atoms with Gasteiger partial charge in [-0.2, -0.15) is 0 Å². The molecule has 1 aromatic heterocycles. The van der Waals surface area contributed by atoms with Crippen LogP contribution < -0.4 is 10.9 Å². The number of fused-ring (bicyclic) bond motifs is 1. The number of carboxylic acids is 1. The highest BCUT2D eigenvalue weighted by molar-refractivity contribution is 5.85. The number of carbonyl (C=O) groups is 1. The third-order valence-electron chi connectivity index (χ3n) is 2.10. The molecule has 6 heteroatoms. The van der Waals surface area contributed by atoms with E-state index >= 15 is 0 Å². The fourth-order valence-electron chi connectivity index (χ4n) is 1.43. The molecule has 1 aliphatic heterocycles. The largest absolute Gasteiger partial charge is 0.477 e. The first-order valence-electron chi connectivity index (χ1n) is 4.23. The molecular formula is C8H9N3O3. The topological polar surface area (TPSA) is 84.2 Å². The Labute approximate surface area is 79.2 Å². The van der Waals surface area contributed by atoms with E-state index in [1.807, 2.05) is 0 Å². The minimum absolute atomic E-state index is 0.190. The molecule has 74 valence electrons. The van der Waals surface area contributed by atoms with Crippen molar-refractivity contribution in [3.8, 4) is 0 Å². The summed E-state index contributed by atoms with van der Waals surface area (Å²) in [6.07, 6.45) is 0. The van der Waals surface area contributed by atoms with Crippen molar-refractivity contribution in [1.29, 1.82) is 0 Å². The highest BCUT2D eigenvalue weighted by Gasteiger charge is 2.14. The van der Waals surface area contributed by atoms with Crippen LogP contribution in [0.15, 0.2) is 10.9 Å². The van der Waals surface area contributed by atoms with Gasteiger partial charge in [0.15, 0.2) is 5.69 Å². The lowest BCUT2D eigenvalue weighted by atomic mass is 10.3. The van der Waals surface area contributed by atoms with E-state index in [0.29, 0.717) is 25.5 Å². The van der Waals surface area contributed by atoms with Crippen LogP contribution in [0.2, 0.25) is 0 Å². The summed E-state index contributed by atoms with van der Waals surface area (Å²) in [6.45, 7) is 1.69. The lowest BCUT2D eigenvalue weighted by Gasteiger charge is -2.17. The predicted octanol–water partition coefficient (Wildman–Crippen LogP) is -0.955. The van der Waals surface area contributed by atoms with Gasteiger partial charge in [0, 0.05) is 19.2 Å². The van der Waals surface area contributed by atoms with E-state index in [0.717, 1.165) is 6.07 Å². The van der Waals surface area contributed by atoms with Crippen LogP contribution in [0.1, 0.15) is 16.3 Å². The number of hydrogen-bond acceptors (Lipinski definition) is 4. The molecule has 14 heavy (non-hydrogen) atoms. The van der Waals surface area contributed by atoms with Crippen LogP contribution in [0.25, 0.3) is 0 Å². The van der Waals surface area contributed by atoms with Crippen LogP contribution in [0, 0.1) is 0 Å². The number of rotatable bonds is 1. The average molecular weight is 195 g/mol. The van der Waals surface area contributed by atoms with Crippen molar-refractivity contribution in [3.05, 3.63) is 27.9 Å². The van der Waals surface area contributed by atoms with Crippen molar-refractivity contribution in [2.45, 2.75) is 13.1 Å². The first kappa shape index (κ1) is 8.89. The summed E-state index contributed by atoms with van der Waals surface area (Å²) in [4.78, 5) is 25.9. The first-order valence-corrected chi connectivity index (χ1v) is 4.23. The van der Waals surface area contributed by atoms with Gasteiger partial charge in [0.05, 0.1) is 6.54 Å². The lowest BCUT2D eigenvalue weighted by Crippen LogP contribution is -2.37. The summed E-state index contributed by atoms with van der Waals surface area (Å²) in [7, 11) is 0. The van der Waals surface area contributed by atoms with E-state index in [4.69, 9.17) is 5.11 Å². The fraction of sp³-hybridized carbons (Fsp3) is 0.375. The maximum atomic E-state index is 11.4. The van der Waals surface area contributed by atoms with Crippen molar-refractivity contribution in [2.75, 3.05) is 6.54 Å². The third kappa shape index (κ3) is 1.39. The summed E-state index contributed by atoms with van der Waals surface area (Å²) in [6, 6.07) is 1.05. The van der Waals surface area contributed by atoms with Crippen LogP contribution in [-0.4, -0.2) is 27.2 Å². The van der Waals surface area contributed by atoms with E-state index in [2.05, 4.69) is 10.3 Å². The molecule has 0 aromatic carbocycles. The van der Waals surface area contributed by atoms with Gasteiger partial charge < -0.3 is 10.4 Å². The van der Waals surface area contributed by atoms with Gasteiger partial charge in [0.25, 0.3) is 5.56 Å². The Morgan fingerprint density at radius 2 is 2.43 bits per heavy atom. The van der Waals surface area contributed by atoms with Crippen molar-refractivity contribution in [2.24, 2.45) is 0 Å². The molecule has 0 aliphatic carbocycles. The Kier molecular flexibility index (Phi) is 2.05. The van der Waals surface area contributed by atoms with E-state index in [9.17, 15) is 9.59 Å². The molecule has 0 atom stereocenters. The second-order valence-electron chi connectivity index (χ2n) is 3.03. The standard InChI is InChI=1S/C8H9N3O3/c12-7-3-5(8(13)14)10-6-4-9-1-2-11(6)7/h3,9H,1-2,4H2,(H,13,14). The predicted molar refractivity (Wildman–Crippen MR) is 47.2 cm³/mol. The molecule has 0 spiro atoms. The van der Waals surface area contributed by atoms with Gasteiger partial charge in [-0.1, -0.05) is 0 Å². The molecule has 2 rings (SSSR count). The number of nitrogens with one attached hydrogen (secondary N) is 1. The molecule has 2 N–H and O–H groups in total. The summed E-state index contributed by atoms with van der Waals surface area (Å²) in [5, 5.41) is 11.7. The molecule has 0 amide bonds. The van der Waals surface area contributed by atoms with E-state index < -0.39 is 5.97 Å². The fourth-order valence-corrected chi connectivity index (χ4v) is 1.43. The van der Waals surface area contributed by atoms with Gasteiger partial charge >= 0.3 is 5.97 Å². The summed E-state index contributed by atoms with van der Waals surface area (Å²) < 4.78 is 1.49. The van der Waals surface area contributed by atoms with Gasteiger partial charge in [-0.3, -0.25) is 9.36 Å². The molecule has 0 unspecified atom stereocenters. The molecule has 6 nitrogen and oxygen atoms in total. The first-order chi connectivity index (χ1) is 6.68. The second kappa shape index (κ2) is 3.22. The Morgan fingerprint density at radius 3 is 3.14 bits per heavy atom. The van der Waals surface area contributed by atoms with Crippen LogP contribution in [-0.2, 0) is 13.1 Å². The maximum absolute atomic E-state index is 11.4. The number of carboxylic acid groups (broad SMARTS) is 1. The molecule has 2 heterocycles. The van der Waals surface area contributed by atoms with Gasteiger partial charge in [0.2, 0.25) is 0 Å². The molecule has 1 aliphatic rings. The molecular weight excluding hydrogens is 186 g/mol. The smallest absolute Gasteiger partial charge is 0.354 e. The van der Waals surface area contributed by atoms with Gasteiger partial charge in [-0.05, 0) is 0 Å². The Morgan fingerprint density at radius 1 is 1.64 bits per heavy atom. The summed E-state index contributed by atoms with van der Waals surface area (Å²) in [5.41, 5.74) is -0.487. The van der Waals surface area contributed by atoms with Gasteiger partial charge in [0.1, 0.15) is 5.82 Å². The van der Waals surface area contributed by atoms with Gasteiger partial charge in [-0.25, -0.2) is 9.78 Å². The quantitative estimate of drug-likeness (QED) is 0.603. The molecule has 0 radical (unpaired) electrons. The monoisotopic (exact) mass is 195 g/mol. The van der Waals surface area contributed by atoms with E-state index in [1.165, 1.54) is 4.57 Å². The van der Waals surface area contributed by atoms with Crippen LogP contribution >= 0.6 is 0 Å². The Balaban J connectivity index is 2.57. The Bertz CT molecular complexity index is 438. The van der Waals surface area contributed by atoms with Crippen molar-refractivity contribution >= 4 is 5.97 Å². The summed E-state index contributed by atoms with van der Waals surface area (Å²) in [5.74, 6) is -0.683. The zero-order valence-electron chi connectivity index (χ0n) is 7.36.